The Labute approximate surface area is 245 Å². The molecule has 0 unspecified atom stereocenters. The molecule has 7 aromatic carbocycles. The van der Waals surface area contributed by atoms with Gasteiger partial charge < -0.3 is 13.3 Å². The van der Waals surface area contributed by atoms with Crippen molar-refractivity contribution in [2.75, 3.05) is 0 Å². The van der Waals surface area contributed by atoms with Gasteiger partial charge in [0, 0.05) is 44.1 Å². The van der Waals surface area contributed by atoms with Gasteiger partial charge in [0.05, 0.1) is 6.26 Å². The standard InChI is InChI=1S/C40H22O3/c1-3-11-28-26(9-1)38(24-16-17-35-32(21-24)33-20-23-18-19-41-36(23)22-37(33)42-35)27-10-2-4-12-29(27)39(28)31-14-7-13-30-25-8-5-6-15-34(25)43-40(30)31/h1-22H. The Hall–Kier alpha value is -5.80. The highest BCUT2D eigenvalue weighted by Gasteiger charge is 2.21. The first-order valence-electron chi connectivity index (χ1n) is 14.5. The van der Waals surface area contributed by atoms with Crippen molar-refractivity contribution in [3.05, 3.63) is 134 Å². The van der Waals surface area contributed by atoms with Gasteiger partial charge in [-0.05, 0) is 63.0 Å². The molecule has 3 nitrogen and oxygen atoms in total. The van der Waals surface area contributed by atoms with Crippen molar-refractivity contribution in [2.24, 2.45) is 0 Å². The fourth-order valence-electron chi connectivity index (χ4n) is 7.06. The van der Waals surface area contributed by atoms with Gasteiger partial charge in [-0.2, -0.15) is 0 Å². The monoisotopic (exact) mass is 550 g/mol. The number of para-hydroxylation sites is 2. The summed E-state index contributed by atoms with van der Waals surface area (Å²) in [5.74, 6) is 0. The number of furan rings is 3. The molecule has 0 spiro atoms. The van der Waals surface area contributed by atoms with Gasteiger partial charge >= 0.3 is 0 Å². The van der Waals surface area contributed by atoms with E-state index in [9.17, 15) is 0 Å². The average molecular weight is 551 g/mol. The summed E-state index contributed by atoms with van der Waals surface area (Å²) in [7, 11) is 0. The van der Waals surface area contributed by atoms with E-state index < -0.39 is 0 Å². The van der Waals surface area contributed by atoms with E-state index >= 15 is 0 Å². The lowest BCUT2D eigenvalue weighted by Crippen LogP contribution is -1.91. The predicted molar refractivity (Wildman–Crippen MR) is 177 cm³/mol. The second-order valence-electron chi connectivity index (χ2n) is 11.2. The number of hydrogen-bond donors (Lipinski definition) is 0. The van der Waals surface area contributed by atoms with E-state index in [2.05, 4.69) is 103 Å². The fraction of sp³-hybridized carbons (Fsp3) is 0. The summed E-state index contributed by atoms with van der Waals surface area (Å²) < 4.78 is 18.4. The lowest BCUT2D eigenvalue weighted by Gasteiger charge is -2.18. The summed E-state index contributed by atoms with van der Waals surface area (Å²) in [5, 5.41) is 10.3. The van der Waals surface area contributed by atoms with Gasteiger partial charge in [-0.25, -0.2) is 0 Å². The van der Waals surface area contributed by atoms with Gasteiger partial charge in [-0.15, -0.1) is 0 Å². The summed E-state index contributed by atoms with van der Waals surface area (Å²) >= 11 is 0. The third-order valence-electron chi connectivity index (χ3n) is 8.94. The van der Waals surface area contributed by atoms with Crippen LogP contribution in [0.25, 0.3) is 98.6 Å². The Morgan fingerprint density at radius 2 is 1.02 bits per heavy atom. The predicted octanol–water partition coefficient (Wildman–Crippen LogP) is 11.9. The zero-order valence-corrected chi connectivity index (χ0v) is 22.9. The van der Waals surface area contributed by atoms with Crippen LogP contribution in [0.2, 0.25) is 0 Å². The van der Waals surface area contributed by atoms with E-state index in [0.717, 1.165) is 66.0 Å². The van der Waals surface area contributed by atoms with Crippen molar-refractivity contribution in [1.82, 2.24) is 0 Å². The van der Waals surface area contributed by atoms with Crippen molar-refractivity contribution in [3.8, 4) is 22.3 Å². The number of rotatable bonds is 2. The third kappa shape index (κ3) is 3.14. The van der Waals surface area contributed by atoms with Crippen molar-refractivity contribution in [2.45, 2.75) is 0 Å². The number of hydrogen-bond acceptors (Lipinski definition) is 3. The van der Waals surface area contributed by atoms with E-state index in [4.69, 9.17) is 13.3 Å². The molecule has 0 saturated heterocycles. The summed E-state index contributed by atoms with van der Waals surface area (Å²) in [6.07, 6.45) is 1.73. The summed E-state index contributed by atoms with van der Waals surface area (Å²) in [6.45, 7) is 0. The molecule has 0 aliphatic heterocycles. The molecule has 43 heavy (non-hydrogen) atoms. The molecule has 3 heterocycles. The molecule has 3 aromatic heterocycles. The first kappa shape index (κ1) is 22.8. The maximum atomic E-state index is 6.54. The highest BCUT2D eigenvalue weighted by Crippen LogP contribution is 2.47. The molecule has 0 saturated carbocycles. The molecular weight excluding hydrogens is 528 g/mol. The minimum absolute atomic E-state index is 0.832. The van der Waals surface area contributed by atoms with Gasteiger partial charge in [0.1, 0.15) is 27.9 Å². The summed E-state index contributed by atoms with van der Waals surface area (Å²) in [4.78, 5) is 0. The molecule has 0 aliphatic carbocycles. The highest BCUT2D eigenvalue weighted by atomic mass is 16.3. The Balaban J connectivity index is 1.31. The molecule has 200 valence electrons. The Bertz CT molecular complexity index is 2680. The summed E-state index contributed by atoms with van der Waals surface area (Å²) in [6, 6.07) is 45.0. The van der Waals surface area contributed by atoms with Crippen LogP contribution in [0.3, 0.4) is 0 Å². The van der Waals surface area contributed by atoms with Crippen molar-refractivity contribution in [3.63, 3.8) is 0 Å². The SMILES string of the molecule is c1ccc2c(c1)oc1c(-c3c4ccccc4c(-c4ccc5oc6cc7occc7cc6c5c4)c4ccccc34)cccc12. The van der Waals surface area contributed by atoms with Crippen LogP contribution >= 0.6 is 0 Å². The molecule has 3 heteroatoms. The second-order valence-corrected chi connectivity index (χ2v) is 11.2. The normalized spacial score (nSPS) is 12.2. The molecule has 0 fully saturated rings. The van der Waals surface area contributed by atoms with Crippen LogP contribution in [0.5, 0.6) is 0 Å². The van der Waals surface area contributed by atoms with Crippen molar-refractivity contribution < 1.29 is 13.3 Å². The van der Waals surface area contributed by atoms with Crippen LogP contribution in [-0.2, 0) is 0 Å². The van der Waals surface area contributed by atoms with Crippen LogP contribution in [0.4, 0.5) is 0 Å². The minimum Gasteiger partial charge on any atom is -0.464 e. The minimum atomic E-state index is 0.832. The molecule has 0 atom stereocenters. The van der Waals surface area contributed by atoms with Crippen molar-refractivity contribution in [1.29, 1.82) is 0 Å². The highest BCUT2D eigenvalue weighted by molar-refractivity contribution is 6.24. The first-order chi connectivity index (χ1) is 21.3. The first-order valence-corrected chi connectivity index (χ1v) is 14.5. The van der Waals surface area contributed by atoms with Crippen LogP contribution in [0, 0.1) is 0 Å². The molecule has 0 radical (unpaired) electrons. The maximum Gasteiger partial charge on any atom is 0.143 e. The summed E-state index contributed by atoms with van der Waals surface area (Å²) in [5.41, 5.74) is 9.03. The molecule has 0 amide bonds. The van der Waals surface area contributed by atoms with Crippen LogP contribution < -0.4 is 0 Å². The van der Waals surface area contributed by atoms with E-state index in [0.29, 0.717) is 0 Å². The van der Waals surface area contributed by atoms with Crippen LogP contribution in [0.1, 0.15) is 0 Å². The molecule has 10 rings (SSSR count). The van der Waals surface area contributed by atoms with Gasteiger partial charge in [-0.1, -0.05) is 91.0 Å². The zero-order valence-electron chi connectivity index (χ0n) is 22.9. The smallest absolute Gasteiger partial charge is 0.143 e. The largest absolute Gasteiger partial charge is 0.464 e. The van der Waals surface area contributed by atoms with Gasteiger partial charge in [0.15, 0.2) is 0 Å². The van der Waals surface area contributed by atoms with Crippen LogP contribution in [0.15, 0.2) is 147 Å². The number of fused-ring (bicyclic) bond motifs is 9. The second kappa shape index (κ2) is 8.37. The maximum absolute atomic E-state index is 6.54. The molecule has 10 aromatic rings. The van der Waals surface area contributed by atoms with Crippen molar-refractivity contribution >= 4 is 76.4 Å². The molecular formula is C40H22O3. The van der Waals surface area contributed by atoms with Gasteiger partial charge in [0.25, 0.3) is 0 Å². The molecule has 0 bridgehead atoms. The quantitative estimate of drug-likeness (QED) is 0.201. The topological polar surface area (TPSA) is 39.4 Å². The third-order valence-corrected chi connectivity index (χ3v) is 8.94. The lowest BCUT2D eigenvalue weighted by molar-refractivity contribution is 0.613. The van der Waals surface area contributed by atoms with Crippen LogP contribution in [-0.4, -0.2) is 0 Å². The zero-order chi connectivity index (χ0) is 28.1. The molecule has 0 aliphatic rings. The molecule has 0 N–H and O–H groups in total. The van der Waals surface area contributed by atoms with Gasteiger partial charge in [0.2, 0.25) is 0 Å². The van der Waals surface area contributed by atoms with Gasteiger partial charge in [-0.3, -0.25) is 0 Å². The average Bonchev–Trinajstić information content (AvgIpc) is 3.77. The fourth-order valence-corrected chi connectivity index (χ4v) is 7.06. The van der Waals surface area contributed by atoms with E-state index in [-0.39, 0.29) is 0 Å². The van der Waals surface area contributed by atoms with E-state index in [1.54, 1.807) is 6.26 Å². The Morgan fingerprint density at radius 3 is 1.81 bits per heavy atom. The van der Waals surface area contributed by atoms with E-state index in [1.165, 1.54) is 32.7 Å². The Kier molecular flexibility index (Phi) is 4.45. The lowest BCUT2D eigenvalue weighted by atomic mass is 9.85. The number of benzene rings is 7. The Morgan fingerprint density at radius 1 is 0.372 bits per heavy atom. The van der Waals surface area contributed by atoms with E-state index in [1.807, 2.05) is 24.3 Å².